The predicted octanol–water partition coefficient (Wildman–Crippen LogP) is 0.906. The fourth-order valence-corrected chi connectivity index (χ4v) is 2.12. The molecule has 0 saturated heterocycles. The minimum atomic E-state index is -3.54. The van der Waals surface area contributed by atoms with Crippen LogP contribution in [0.15, 0.2) is 36.9 Å². The molecule has 0 spiro atoms. The first kappa shape index (κ1) is 17.7. The van der Waals surface area contributed by atoms with Crippen molar-refractivity contribution in [2.75, 3.05) is 17.5 Å². The molecular formula is C14H18N2O5S. The van der Waals surface area contributed by atoms with Crippen molar-refractivity contribution in [2.24, 2.45) is 0 Å². The number of hydrogen-bond donors (Lipinski definition) is 2. The SMILES string of the molecule is C=CCNC(=O)[C@@H](C)OC(=O)c1ccccc1NS(C)(=O)=O. The zero-order valence-corrected chi connectivity index (χ0v) is 13.1. The maximum absolute atomic E-state index is 12.1. The van der Waals surface area contributed by atoms with Gasteiger partial charge in [0.1, 0.15) is 0 Å². The topological polar surface area (TPSA) is 102 Å². The van der Waals surface area contributed by atoms with Crippen molar-refractivity contribution in [2.45, 2.75) is 13.0 Å². The van der Waals surface area contributed by atoms with E-state index in [1.807, 2.05) is 0 Å². The highest BCUT2D eigenvalue weighted by Gasteiger charge is 2.21. The summed E-state index contributed by atoms with van der Waals surface area (Å²) in [7, 11) is -3.54. The van der Waals surface area contributed by atoms with Crippen molar-refractivity contribution >= 4 is 27.6 Å². The molecule has 0 fully saturated rings. The number of hydrogen-bond acceptors (Lipinski definition) is 5. The fourth-order valence-electron chi connectivity index (χ4n) is 1.54. The van der Waals surface area contributed by atoms with E-state index in [1.165, 1.54) is 25.1 Å². The number of rotatable bonds is 7. The van der Waals surface area contributed by atoms with E-state index in [0.717, 1.165) is 6.26 Å². The summed E-state index contributed by atoms with van der Waals surface area (Å²) in [6.45, 7) is 5.13. The third-order valence-electron chi connectivity index (χ3n) is 2.52. The summed E-state index contributed by atoms with van der Waals surface area (Å²) in [4.78, 5) is 23.7. The Kier molecular flexibility index (Phi) is 6.11. The van der Waals surface area contributed by atoms with Gasteiger partial charge in [-0.25, -0.2) is 13.2 Å². The van der Waals surface area contributed by atoms with E-state index in [9.17, 15) is 18.0 Å². The highest BCUT2D eigenvalue weighted by Crippen LogP contribution is 2.18. The number of carbonyl (C=O) groups excluding carboxylic acids is 2. The summed E-state index contributed by atoms with van der Waals surface area (Å²) in [6.07, 6.45) is 1.46. The summed E-state index contributed by atoms with van der Waals surface area (Å²) >= 11 is 0. The number of benzene rings is 1. The molecule has 1 rings (SSSR count). The standard InChI is InChI=1S/C14H18N2O5S/c1-4-9-15-13(17)10(2)21-14(18)11-7-5-6-8-12(11)16-22(3,19)20/h4-8,10,16H,1,9H2,2-3H3,(H,15,17)/t10-/m1/s1. The van der Waals surface area contributed by atoms with Gasteiger partial charge in [-0.15, -0.1) is 6.58 Å². The van der Waals surface area contributed by atoms with Crippen LogP contribution in [0, 0.1) is 0 Å². The van der Waals surface area contributed by atoms with Gasteiger partial charge < -0.3 is 10.1 Å². The number of nitrogens with one attached hydrogen (secondary N) is 2. The van der Waals surface area contributed by atoms with Gasteiger partial charge in [0.05, 0.1) is 17.5 Å². The molecule has 2 N–H and O–H groups in total. The van der Waals surface area contributed by atoms with E-state index >= 15 is 0 Å². The molecule has 0 radical (unpaired) electrons. The molecule has 0 aliphatic heterocycles. The van der Waals surface area contributed by atoms with Crippen molar-refractivity contribution in [3.8, 4) is 0 Å². The van der Waals surface area contributed by atoms with E-state index < -0.39 is 28.0 Å². The van der Waals surface area contributed by atoms with Gasteiger partial charge in [-0.05, 0) is 19.1 Å². The number of sulfonamides is 1. The molecule has 7 nitrogen and oxygen atoms in total. The number of amides is 1. The lowest BCUT2D eigenvalue weighted by Crippen LogP contribution is -2.36. The van der Waals surface area contributed by atoms with Gasteiger partial charge in [-0.3, -0.25) is 9.52 Å². The molecule has 0 unspecified atom stereocenters. The summed E-state index contributed by atoms with van der Waals surface area (Å²) in [5.74, 6) is -1.27. The molecule has 8 heteroatoms. The molecule has 1 aromatic rings. The molecule has 0 aliphatic carbocycles. The monoisotopic (exact) mass is 326 g/mol. The van der Waals surface area contributed by atoms with Gasteiger partial charge in [0.25, 0.3) is 5.91 Å². The zero-order chi connectivity index (χ0) is 16.8. The van der Waals surface area contributed by atoms with Gasteiger partial charge in [0, 0.05) is 6.54 Å². The molecule has 0 bridgehead atoms. The molecule has 1 amide bonds. The summed E-state index contributed by atoms with van der Waals surface area (Å²) in [5, 5.41) is 2.50. The van der Waals surface area contributed by atoms with Crippen molar-refractivity contribution in [3.05, 3.63) is 42.5 Å². The van der Waals surface area contributed by atoms with Crippen LogP contribution in [0.25, 0.3) is 0 Å². The Balaban J connectivity index is 2.85. The lowest BCUT2D eigenvalue weighted by molar-refractivity contribution is -0.128. The second-order valence-corrected chi connectivity index (χ2v) is 6.25. The van der Waals surface area contributed by atoms with Crippen LogP contribution < -0.4 is 10.0 Å². The van der Waals surface area contributed by atoms with Crippen LogP contribution >= 0.6 is 0 Å². The molecule has 22 heavy (non-hydrogen) atoms. The normalized spacial score (nSPS) is 12.1. The van der Waals surface area contributed by atoms with Crippen LogP contribution in [0.1, 0.15) is 17.3 Å². The average molecular weight is 326 g/mol. The van der Waals surface area contributed by atoms with Crippen molar-refractivity contribution < 1.29 is 22.7 Å². The smallest absolute Gasteiger partial charge is 0.341 e. The number of anilines is 1. The Morgan fingerprint density at radius 1 is 1.36 bits per heavy atom. The minimum absolute atomic E-state index is 0.0243. The van der Waals surface area contributed by atoms with E-state index in [4.69, 9.17) is 4.74 Å². The van der Waals surface area contributed by atoms with Crippen LogP contribution in [0.3, 0.4) is 0 Å². The summed E-state index contributed by atoms with van der Waals surface area (Å²) < 4.78 is 29.8. The molecule has 0 saturated carbocycles. The number of carbonyl (C=O) groups is 2. The molecular weight excluding hydrogens is 308 g/mol. The van der Waals surface area contributed by atoms with E-state index in [0.29, 0.717) is 0 Å². The predicted molar refractivity (Wildman–Crippen MR) is 83.0 cm³/mol. The fraction of sp³-hybridized carbons (Fsp3) is 0.286. The van der Waals surface area contributed by atoms with E-state index in [2.05, 4.69) is 16.6 Å². The minimum Gasteiger partial charge on any atom is -0.449 e. The zero-order valence-electron chi connectivity index (χ0n) is 12.3. The third kappa shape index (κ3) is 5.57. The van der Waals surface area contributed by atoms with Crippen LogP contribution in [0.4, 0.5) is 5.69 Å². The van der Waals surface area contributed by atoms with E-state index in [-0.39, 0.29) is 17.8 Å². The molecule has 0 aliphatic rings. The van der Waals surface area contributed by atoms with Gasteiger partial charge in [-0.1, -0.05) is 18.2 Å². The van der Waals surface area contributed by atoms with Crippen molar-refractivity contribution in [1.29, 1.82) is 0 Å². The molecule has 120 valence electrons. The first-order valence-electron chi connectivity index (χ1n) is 6.41. The van der Waals surface area contributed by atoms with Gasteiger partial charge in [0.2, 0.25) is 10.0 Å². The maximum Gasteiger partial charge on any atom is 0.341 e. The third-order valence-corrected chi connectivity index (χ3v) is 3.11. The summed E-state index contributed by atoms with van der Waals surface area (Å²) in [6, 6.07) is 5.97. The highest BCUT2D eigenvalue weighted by atomic mass is 32.2. The number of para-hydroxylation sites is 1. The molecule has 0 aromatic heterocycles. The van der Waals surface area contributed by atoms with Gasteiger partial charge in [0.15, 0.2) is 6.10 Å². The lowest BCUT2D eigenvalue weighted by atomic mass is 10.2. The maximum atomic E-state index is 12.1. The Labute approximate surface area is 129 Å². The Bertz CT molecular complexity index is 670. The first-order valence-corrected chi connectivity index (χ1v) is 8.30. The first-order chi connectivity index (χ1) is 10.2. The highest BCUT2D eigenvalue weighted by molar-refractivity contribution is 7.92. The van der Waals surface area contributed by atoms with Crippen LogP contribution in [-0.4, -0.2) is 39.2 Å². The second kappa shape index (κ2) is 7.60. The lowest BCUT2D eigenvalue weighted by Gasteiger charge is -2.14. The van der Waals surface area contributed by atoms with Crippen LogP contribution in [0.5, 0.6) is 0 Å². The van der Waals surface area contributed by atoms with Crippen LogP contribution in [-0.2, 0) is 19.6 Å². The van der Waals surface area contributed by atoms with E-state index in [1.54, 1.807) is 12.1 Å². The number of ether oxygens (including phenoxy) is 1. The molecule has 1 aromatic carbocycles. The Morgan fingerprint density at radius 3 is 2.59 bits per heavy atom. The molecule has 0 heterocycles. The molecule has 1 atom stereocenters. The van der Waals surface area contributed by atoms with Crippen LogP contribution in [0.2, 0.25) is 0 Å². The average Bonchev–Trinajstić information content (AvgIpc) is 2.43. The quantitative estimate of drug-likeness (QED) is 0.573. The van der Waals surface area contributed by atoms with Crippen molar-refractivity contribution in [3.63, 3.8) is 0 Å². The Hall–Kier alpha value is -2.35. The summed E-state index contributed by atoms with van der Waals surface area (Å²) in [5.41, 5.74) is 0.116. The van der Waals surface area contributed by atoms with Gasteiger partial charge in [-0.2, -0.15) is 0 Å². The van der Waals surface area contributed by atoms with Crippen molar-refractivity contribution in [1.82, 2.24) is 5.32 Å². The second-order valence-electron chi connectivity index (χ2n) is 4.50. The van der Waals surface area contributed by atoms with Gasteiger partial charge >= 0.3 is 5.97 Å². The largest absolute Gasteiger partial charge is 0.449 e. The number of esters is 1. The Morgan fingerprint density at radius 2 is 2.00 bits per heavy atom.